The molecule has 5 nitrogen and oxygen atoms in total. The summed E-state index contributed by atoms with van der Waals surface area (Å²) in [5.41, 5.74) is 1.71. The fraction of sp³-hybridized carbons (Fsp3) is 0.381. The number of para-hydroxylation sites is 1. The van der Waals surface area contributed by atoms with Crippen molar-refractivity contribution in [3.8, 4) is 11.5 Å². The van der Waals surface area contributed by atoms with Gasteiger partial charge in [0.25, 0.3) is 0 Å². The van der Waals surface area contributed by atoms with Crippen LogP contribution >= 0.6 is 0 Å². The van der Waals surface area contributed by atoms with E-state index in [1.165, 1.54) is 12.8 Å². The SMILES string of the molecule is CCOc1ccc(NC(=O)NCc2ccccc2OC2CCCC2)cc1. The van der Waals surface area contributed by atoms with Gasteiger partial charge in [-0.3, -0.25) is 0 Å². The molecule has 0 saturated heterocycles. The van der Waals surface area contributed by atoms with Crippen LogP contribution in [0.2, 0.25) is 0 Å². The molecule has 1 saturated carbocycles. The van der Waals surface area contributed by atoms with E-state index < -0.39 is 0 Å². The average Bonchev–Trinajstić information content (AvgIpc) is 3.16. The minimum Gasteiger partial charge on any atom is -0.494 e. The molecule has 0 bridgehead atoms. The molecule has 1 aliphatic rings. The Kier molecular flexibility index (Phi) is 6.36. The molecule has 1 fully saturated rings. The molecule has 2 amide bonds. The van der Waals surface area contributed by atoms with Crippen molar-refractivity contribution in [3.63, 3.8) is 0 Å². The molecule has 1 aliphatic carbocycles. The van der Waals surface area contributed by atoms with E-state index in [9.17, 15) is 4.79 Å². The fourth-order valence-electron chi connectivity index (χ4n) is 3.10. The minimum absolute atomic E-state index is 0.246. The number of nitrogens with one attached hydrogen (secondary N) is 2. The van der Waals surface area contributed by atoms with Gasteiger partial charge in [0, 0.05) is 17.8 Å². The van der Waals surface area contributed by atoms with Crippen LogP contribution in [0.15, 0.2) is 48.5 Å². The number of ether oxygens (including phenoxy) is 2. The van der Waals surface area contributed by atoms with Crippen LogP contribution in [0.25, 0.3) is 0 Å². The third-order valence-electron chi connectivity index (χ3n) is 4.43. The fourth-order valence-corrected chi connectivity index (χ4v) is 3.10. The third kappa shape index (κ3) is 5.15. The molecule has 0 unspecified atom stereocenters. The molecule has 2 N–H and O–H groups in total. The number of benzene rings is 2. The van der Waals surface area contributed by atoms with Gasteiger partial charge in [0.1, 0.15) is 11.5 Å². The van der Waals surface area contributed by atoms with Gasteiger partial charge in [0.2, 0.25) is 0 Å². The number of urea groups is 1. The van der Waals surface area contributed by atoms with Gasteiger partial charge in [0.15, 0.2) is 0 Å². The summed E-state index contributed by atoms with van der Waals surface area (Å²) in [6.45, 7) is 2.98. The Morgan fingerprint density at radius 1 is 1.08 bits per heavy atom. The second-order valence-electron chi connectivity index (χ2n) is 6.40. The highest BCUT2D eigenvalue weighted by Crippen LogP contribution is 2.26. The highest BCUT2D eigenvalue weighted by molar-refractivity contribution is 5.89. The summed E-state index contributed by atoms with van der Waals surface area (Å²) in [5.74, 6) is 1.65. The van der Waals surface area contributed by atoms with E-state index >= 15 is 0 Å². The van der Waals surface area contributed by atoms with Crippen molar-refractivity contribution >= 4 is 11.7 Å². The molecule has 2 aromatic rings. The number of rotatable bonds is 7. The van der Waals surface area contributed by atoms with E-state index in [1.54, 1.807) is 0 Å². The Balaban J connectivity index is 1.52. The molecule has 0 radical (unpaired) electrons. The lowest BCUT2D eigenvalue weighted by molar-refractivity contribution is 0.207. The first-order valence-electron chi connectivity index (χ1n) is 9.27. The van der Waals surface area contributed by atoms with Gasteiger partial charge < -0.3 is 20.1 Å². The summed E-state index contributed by atoms with van der Waals surface area (Å²) in [5, 5.41) is 5.72. The van der Waals surface area contributed by atoms with Crippen molar-refractivity contribution in [3.05, 3.63) is 54.1 Å². The summed E-state index contributed by atoms with van der Waals surface area (Å²) < 4.78 is 11.5. The smallest absolute Gasteiger partial charge is 0.319 e. The van der Waals surface area contributed by atoms with Crippen molar-refractivity contribution in [1.29, 1.82) is 0 Å². The molecule has 2 aromatic carbocycles. The zero-order valence-electron chi connectivity index (χ0n) is 15.2. The number of carbonyl (C=O) groups excluding carboxylic acids is 1. The van der Waals surface area contributed by atoms with Crippen LogP contribution in [0.3, 0.4) is 0 Å². The Bertz CT molecular complexity index is 709. The Morgan fingerprint density at radius 2 is 1.81 bits per heavy atom. The number of carbonyl (C=O) groups is 1. The lowest BCUT2D eigenvalue weighted by Gasteiger charge is -2.17. The standard InChI is InChI=1S/C21H26N2O3/c1-2-25-18-13-11-17(12-14-18)23-21(24)22-15-16-7-3-6-10-20(16)26-19-8-4-5-9-19/h3,6-7,10-14,19H,2,4-5,8-9,15H2,1H3,(H2,22,23,24). The molecule has 26 heavy (non-hydrogen) atoms. The van der Waals surface area contributed by atoms with E-state index in [1.807, 2.05) is 55.5 Å². The zero-order chi connectivity index (χ0) is 18.2. The maximum absolute atomic E-state index is 12.2. The summed E-state index contributed by atoms with van der Waals surface area (Å²) in [6, 6.07) is 15.0. The maximum Gasteiger partial charge on any atom is 0.319 e. The van der Waals surface area contributed by atoms with Crippen LogP contribution in [0.5, 0.6) is 11.5 Å². The van der Waals surface area contributed by atoms with Gasteiger partial charge in [-0.1, -0.05) is 18.2 Å². The third-order valence-corrected chi connectivity index (χ3v) is 4.43. The van der Waals surface area contributed by atoms with E-state index in [2.05, 4.69) is 10.6 Å². The second kappa shape index (κ2) is 9.13. The maximum atomic E-state index is 12.2. The van der Waals surface area contributed by atoms with Crippen LogP contribution in [0, 0.1) is 0 Å². The summed E-state index contributed by atoms with van der Waals surface area (Å²) in [4.78, 5) is 12.2. The van der Waals surface area contributed by atoms with Gasteiger partial charge in [-0.15, -0.1) is 0 Å². The number of amides is 2. The van der Waals surface area contributed by atoms with Crippen molar-refractivity contribution in [1.82, 2.24) is 5.32 Å². The molecule has 5 heteroatoms. The van der Waals surface area contributed by atoms with Gasteiger partial charge in [0.05, 0.1) is 12.7 Å². The van der Waals surface area contributed by atoms with Crippen molar-refractivity contribution in [2.45, 2.75) is 45.3 Å². The van der Waals surface area contributed by atoms with E-state index in [0.717, 1.165) is 35.6 Å². The largest absolute Gasteiger partial charge is 0.494 e. The van der Waals surface area contributed by atoms with Crippen LogP contribution in [0.1, 0.15) is 38.2 Å². The van der Waals surface area contributed by atoms with E-state index in [0.29, 0.717) is 19.3 Å². The molecule has 0 aliphatic heterocycles. The molecule has 0 aromatic heterocycles. The van der Waals surface area contributed by atoms with Crippen LogP contribution in [-0.4, -0.2) is 18.7 Å². The van der Waals surface area contributed by atoms with E-state index in [-0.39, 0.29) is 6.03 Å². The summed E-state index contributed by atoms with van der Waals surface area (Å²) in [7, 11) is 0. The van der Waals surface area contributed by atoms with Crippen LogP contribution in [-0.2, 0) is 6.54 Å². The normalized spacial score (nSPS) is 14.0. The predicted octanol–water partition coefficient (Wildman–Crippen LogP) is 4.73. The number of hydrogen-bond acceptors (Lipinski definition) is 3. The van der Waals surface area contributed by atoms with Crippen molar-refractivity contribution < 1.29 is 14.3 Å². The lowest BCUT2D eigenvalue weighted by atomic mass is 10.2. The Morgan fingerprint density at radius 3 is 2.54 bits per heavy atom. The van der Waals surface area contributed by atoms with Crippen molar-refractivity contribution in [2.75, 3.05) is 11.9 Å². The molecule has 138 valence electrons. The average molecular weight is 354 g/mol. The molecule has 0 spiro atoms. The second-order valence-corrected chi connectivity index (χ2v) is 6.40. The monoisotopic (exact) mass is 354 g/mol. The van der Waals surface area contributed by atoms with Gasteiger partial charge in [-0.2, -0.15) is 0 Å². The van der Waals surface area contributed by atoms with Crippen LogP contribution < -0.4 is 20.1 Å². The summed E-state index contributed by atoms with van der Waals surface area (Å²) in [6.07, 6.45) is 4.99. The molecule has 0 heterocycles. The van der Waals surface area contributed by atoms with Crippen LogP contribution in [0.4, 0.5) is 10.5 Å². The molecular weight excluding hydrogens is 328 g/mol. The Labute approximate surface area is 154 Å². The molecular formula is C21H26N2O3. The lowest BCUT2D eigenvalue weighted by Crippen LogP contribution is -2.28. The molecule has 3 rings (SSSR count). The van der Waals surface area contributed by atoms with E-state index in [4.69, 9.17) is 9.47 Å². The minimum atomic E-state index is -0.246. The zero-order valence-corrected chi connectivity index (χ0v) is 15.2. The number of hydrogen-bond donors (Lipinski definition) is 2. The Hall–Kier alpha value is -2.69. The summed E-state index contributed by atoms with van der Waals surface area (Å²) >= 11 is 0. The van der Waals surface area contributed by atoms with Gasteiger partial charge >= 0.3 is 6.03 Å². The first-order valence-corrected chi connectivity index (χ1v) is 9.27. The quantitative estimate of drug-likeness (QED) is 0.756. The topological polar surface area (TPSA) is 59.6 Å². The van der Waals surface area contributed by atoms with Crippen molar-refractivity contribution in [2.24, 2.45) is 0 Å². The molecule has 0 atom stereocenters. The first-order chi connectivity index (χ1) is 12.7. The first kappa shape index (κ1) is 18.1. The highest BCUT2D eigenvalue weighted by atomic mass is 16.5. The predicted molar refractivity (Wildman–Crippen MR) is 103 cm³/mol. The van der Waals surface area contributed by atoms with Gasteiger partial charge in [-0.05, 0) is 62.9 Å². The van der Waals surface area contributed by atoms with Gasteiger partial charge in [-0.25, -0.2) is 4.79 Å². The number of anilines is 1. The highest BCUT2D eigenvalue weighted by Gasteiger charge is 2.17.